The van der Waals surface area contributed by atoms with Crippen LogP contribution in [0.2, 0.25) is 0 Å². The average Bonchev–Trinajstić information content (AvgIpc) is 2.05. The van der Waals surface area contributed by atoms with Crippen LogP contribution in [0.3, 0.4) is 0 Å². The molecular formula is C8H10NYb. The molecule has 0 saturated carbocycles. The van der Waals surface area contributed by atoms with Crippen LogP contribution in [0.15, 0.2) is 30.3 Å². The summed E-state index contributed by atoms with van der Waals surface area (Å²) >= 11 is 2.88. The number of hydrogen-bond donors (Lipinski definition) is 1. The standard InChI is InChI=1S/C8H10N.Yb/c1-7(9)8-5-3-2-4-6-8;/h2-7,9H,1H3;/q-1;+1. The number of hydrogen-bond acceptors (Lipinski definition) is 1. The summed E-state index contributed by atoms with van der Waals surface area (Å²) in [4.78, 5) is 0. The van der Waals surface area contributed by atoms with E-state index in [-0.39, 0.29) is 0 Å². The first-order chi connectivity index (χ1) is 4.84. The van der Waals surface area contributed by atoms with Crippen molar-refractivity contribution in [3.05, 3.63) is 35.9 Å². The van der Waals surface area contributed by atoms with Crippen LogP contribution in [-0.4, -0.2) is 0 Å². The van der Waals surface area contributed by atoms with E-state index < -0.39 is 0 Å². The monoisotopic (exact) mass is 294 g/mol. The molecule has 2 heteroatoms. The maximum absolute atomic E-state index is 3.04. The van der Waals surface area contributed by atoms with Crippen LogP contribution in [0, 0.1) is 45.1 Å². The van der Waals surface area contributed by atoms with Crippen molar-refractivity contribution in [3.8, 4) is 0 Å². The zero-order valence-corrected chi connectivity index (χ0v) is 7.45. The Bertz CT molecular complexity index is 186. The molecule has 0 heterocycles. The molecule has 0 spiro atoms. The average molecular weight is 293 g/mol. The van der Waals surface area contributed by atoms with Gasteiger partial charge in [-0.1, -0.05) is 0 Å². The van der Waals surface area contributed by atoms with E-state index in [9.17, 15) is 0 Å². The Labute approximate surface area is 93.2 Å². The van der Waals surface area contributed by atoms with E-state index in [1.807, 2.05) is 18.2 Å². The molecule has 61 valence electrons. The molecule has 1 N–H and O–H groups in total. The number of rotatable bonds is 2. The predicted molar refractivity (Wildman–Crippen MR) is 38.0 cm³/mol. The van der Waals surface area contributed by atoms with Gasteiger partial charge in [0.05, 0.1) is 0 Å². The van der Waals surface area contributed by atoms with Crippen molar-refractivity contribution in [2.75, 3.05) is 0 Å². The van der Waals surface area contributed by atoms with Crippen molar-refractivity contribution in [2.45, 2.75) is 13.0 Å². The van der Waals surface area contributed by atoms with Crippen LogP contribution in [0.25, 0.3) is 0 Å². The van der Waals surface area contributed by atoms with Crippen LogP contribution in [0.1, 0.15) is 18.5 Å². The SMILES string of the molecule is CC([NH][Yb])c1ccccc1. The van der Waals surface area contributed by atoms with Crippen molar-refractivity contribution in [1.29, 1.82) is 0 Å². The quantitative estimate of drug-likeness (QED) is 0.877. The Morgan fingerprint density at radius 1 is 1.30 bits per heavy atom. The predicted octanol–water partition coefficient (Wildman–Crippen LogP) is 1.80. The Morgan fingerprint density at radius 3 is 2.40 bits per heavy atom. The second-order valence-electron chi connectivity index (χ2n) is 2.21. The molecule has 0 aliphatic heterocycles. The molecule has 0 amide bonds. The van der Waals surface area contributed by atoms with E-state index in [1.165, 1.54) is 5.56 Å². The van der Waals surface area contributed by atoms with Gasteiger partial charge in [0, 0.05) is 0 Å². The van der Waals surface area contributed by atoms with Gasteiger partial charge < -0.3 is 0 Å². The molecule has 1 aromatic rings. The summed E-state index contributed by atoms with van der Waals surface area (Å²) in [5.41, 5.74) is 1.30. The second-order valence-corrected chi connectivity index (χ2v) is 2.70. The summed E-state index contributed by atoms with van der Waals surface area (Å²) in [6.07, 6.45) is 0. The fraction of sp³-hybridized carbons (Fsp3) is 0.250. The first-order valence-electron chi connectivity index (χ1n) is 3.20. The van der Waals surface area contributed by atoms with Gasteiger partial charge in [-0.25, -0.2) is 0 Å². The van der Waals surface area contributed by atoms with Gasteiger partial charge in [-0.05, 0) is 0 Å². The summed E-state index contributed by atoms with van der Waals surface area (Å²) in [6, 6.07) is 10.7. The summed E-state index contributed by atoms with van der Waals surface area (Å²) in [5.74, 6) is 0. The molecule has 0 fully saturated rings. The van der Waals surface area contributed by atoms with Crippen LogP contribution in [0.5, 0.6) is 0 Å². The molecule has 0 aromatic heterocycles. The zero-order chi connectivity index (χ0) is 7.40. The molecule has 0 radical (unpaired) electrons. The Kier molecular flexibility index (Phi) is 4.00. The molecule has 0 saturated heterocycles. The van der Waals surface area contributed by atoms with E-state index in [1.54, 1.807) is 0 Å². The molecular weight excluding hydrogens is 283 g/mol. The van der Waals surface area contributed by atoms with Crippen LogP contribution < -0.4 is 0.592 Å². The fourth-order valence-electron chi connectivity index (χ4n) is 0.786. The second kappa shape index (κ2) is 4.55. The summed E-state index contributed by atoms with van der Waals surface area (Å²) in [5, 5.41) is 0. The van der Waals surface area contributed by atoms with Gasteiger partial charge >= 0.3 is 94.5 Å². The third-order valence-electron chi connectivity index (χ3n) is 1.42. The first kappa shape index (κ1) is 8.79. The van der Waals surface area contributed by atoms with E-state index >= 15 is 0 Å². The molecule has 10 heavy (non-hydrogen) atoms. The molecule has 0 bridgehead atoms. The topological polar surface area (TPSA) is 12.0 Å². The van der Waals surface area contributed by atoms with Crippen molar-refractivity contribution < 1.29 is 45.1 Å². The first-order valence-corrected chi connectivity index (χ1v) is 4.06. The van der Waals surface area contributed by atoms with Gasteiger partial charge in [-0.2, -0.15) is 0 Å². The summed E-state index contributed by atoms with van der Waals surface area (Å²) in [6.45, 7) is 2.11. The summed E-state index contributed by atoms with van der Waals surface area (Å²) in [7, 11) is 0. The molecule has 1 aromatic carbocycles. The molecule has 1 unspecified atom stereocenters. The Morgan fingerprint density at radius 2 is 1.90 bits per heavy atom. The Balaban J connectivity index is 2.75. The van der Waals surface area contributed by atoms with E-state index in [2.05, 4.69) is 64.7 Å². The fourth-order valence-corrected chi connectivity index (χ4v) is 1.07. The van der Waals surface area contributed by atoms with Gasteiger partial charge in [-0.3, -0.25) is 0 Å². The van der Waals surface area contributed by atoms with Gasteiger partial charge in [0.15, 0.2) is 0 Å². The van der Waals surface area contributed by atoms with E-state index in [0.717, 1.165) is 0 Å². The van der Waals surface area contributed by atoms with Crippen LogP contribution in [0.4, 0.5) is 0 Å². The van der Waals surface area contributed by atoms with Crippen molar-refractivity contribution in [3.63, 3.8) is 0 Å². The number of benzene rings is 1. The summed E-state index contributed by atoms with van der Waals surface area (Å²) < 4.78 is 3.04. The third kappa shape index (κ3) is 2.39. The van der Waals surface area contributed by atoms with E-state index in [4.69, 9.17) is 0 Å². The molecule has 0 aliphatic carbocycles. The van der Waals surface area contributed by atoms with Crippen LogP contribution in [-0.2, 0) is 0 Å². The van der Waals surface area contributed by atoms with Crippen molar-refractivity contribution >= 4 is 0 Å². The zero-order valence-electron chi connectivity index (χ0n) is 5.73. The molecule has 1 nitrogen and oxygen atoms in total. The van der Waals surface area contributed by atoms with Crippen LogP contribution >= 0.6 is 0 Å². The minimum absolute atomic E-state index is 0.398. The van der Waals surface area contributed by atoms with Gasteiger partial charge in [0.1, 0.15) is 0 Å². The normalized spacial score (nSPS) is 13.1. The van der Waals surface area contributed by atoms with Crippen molar-refractivity contribution in [1.82, 2.24) is 0.592 Å². The minimum atomic E-state index is 0.398. The van der Waals surface area contributed by atoms with Gasteiger partial charge in [0.2, 0.25) is 0 Å². The van der Waals surface area contributed by atoms with Gasteiger partial charge in [-0.15, -0.1) is 0 Å². The Hall–Kier alpha value is 0.699. The molecule has 1 atom stereocenters. The third-order valence-corrected chi connectivity index (χ3v) is 2.16. The molecule has 1 rings (SSSR count). The van der Waals surface area contributed by atoms with Gasteiger partial charge in [0.25, 0.3) is 0 Å². The van der Waals surface area contributed by atoms with E-state index in [0.29, 0.717) is 6.04 Å². The maximum atomic E-state index is 3.04. The van der Waals surface area contributed by atoms with Crippen molar-refractivity contribution in [2.24, 2.45) is 0 Å². The number of nitrogens with one attached hydrogen (secondary N) is 1. The molecule has 0 aliphatic rings.